The van der Waals surface area contributed by atoms with Crippen molar-refractivity contribution >= 4 is 40.0 Å². The van der Waals surface area contributed by atoms with E-state index >= 15 is 0 Å². The Bertz CT molecular complexity index is 1280. The maximum Gasteiger partial charge on any atom is 0.573 e. The molecule has 0 bridgehead atoms. The van der Waals surface area contributed by atoms with Gasteiger partial charge in [-0.2, -0.15) is 0 Å². The molecule has 2 aromatic carbocycles. The summed E-state index contributed by atoms with van der Waals surface area (Å²) >= 11 is 5.95. The first-order valence-electron chi connectivity index (χ1n) is 11.7. The maximum atomic E-state index is 12.4. The van der Waals surface area contributed by atoms with Crippen LogP contribution < -0.4 is 19.7 Å². The van der Waals surface area contributed by atoms with Gasteiger partial charge in [-0.3, -0.25) is 9.69 Å². The first-order valence-corrected chi connectivity index (χ1v) is 12.1. The zero-order chi connectivity index (χ0) is 26.7. The monoisotopic (exact) mass is 537 g/mol. The smallest absolute Gasteiger partial charge is 0.482 e. The van der Waals surface area contributed by atoms with Crippen LogP contribution in [0.2, 0.25) is 5.02 Å². The van der Waals surface area contributed by atoms with Crippen molar-refractivity contribution in [2.75, 3.05) is 43.0 Å². The second-order valence-corrected chi connectivity index (χ2v) is 9.34. The first kappa shape index (κ1) is 26.7. The molecule has 198 valence electrons. The van der Waals surface area contributed by atoms with E-state index in [1.165, 1.54) is 6.07 Å². The number of piperazine rings is 1. The van der Waals surface area contributed by atoms with Gasteiger partial charge in [-0.1, -0.05) is 11.6 Å². The normalized spacial score (nSPS) is 14.8. The molecule has 4 rings (SSSR count). The summed E-state index contributed by atoms with van der Waals surface area (Å²) in [5.41, 5.74) is 2.11. The van der Waals surface area contributed by atoms with Crippen molar-refractivity contribution in [3.8, 4) is 11.5 Å². The third kappa shape index (κ3) is 6.92. The molecule has 1 saturated heterocycles. The lowest BCUT2D eigenvalue weighted by atomic mass is 10.1. The first-order chi connectivity index (χ1) is 17.5. The SMILES string of the molecule is Cc1nc(N2CCN(C(C)C)CC2)nc2ccc(NC(=O)COc3ccc(OC(F)(F)F)cc3Cl)cc12. The number of alkyl halides is 3. The molecule has 1 amide bonds. The minimum Gasteiger partial charge on any atom is -0.482 e. The van der Waals surface area contributed by atoms with Crippen molar-refractivity contribution < 1.29 is 27.4 Å². The third-order valence-electron chi connectivity index (χ3n) is 5.98. The second kappa shape index (κ2) is 11.0. The molecule has 0 saturated carbocycles. The fraction of sp³-hybridized carbons (Fsp3) is 0.400. The number of nitrogens with zero attached hydrogens (tertiary/aromatic N) is 4. The van der Waals surface area contributed by atoms with Gasteiger partial charge in [0.25, 0.3) is 5.91 Å². The Morgan fingerprint density at radius 2 is 1.84 bits per heavy atom. The van der Waals surface area contributed by atoms with Gasteiger partial charge in [-0.05, 0) is 51.1 Å². The quantitative estimate of drug-likeness (QED) is 0.452. The highest BCUT2D eigenvalue weighted by molar-refractivity contribution is 6.32. The number of halogens is 4. The predicted molar refractivity (Wildman–Crippen MR) is 135 cm³/mol. The number of carbonyl (C=O) groups excluding carboxylic acids is 1. The molecular weight excluding hydrogens is 511 g/mol. The molecule has 1 fully saturated rings. The summed E-state index contributed by atoms with van der Waals surface area (Å²) in [7, 11) is 0. The molecule has 12 heteroatoms. The van der Waals surface area contributed by atoms with Gasteiger partial charge in [0.05, 0.1) is 16.2 Å². The molecule has 8 nitrogen and oxygen atoms in total. The minimum atomic E-state index is -4.83. The van der Waals surface area contributed by atoms with Crippen LogP contribution >= 0.6 is 11.6 Å². The van der Waals surface area contributed by atoms with Gasteiger partial charge in [0.1, 0.15) is 11.5 Å². The average Bonchev–Trinajstić information content (AvgIpc) is 2.83. The van der Waals surface area contributed by atoms with Crippen molar-refractivity contribution in [2.45, 2.75) is 33.2 Å². The Balaban J connectivity index is 1.38. The van der Waals surface area contributed by atoms with Crippen LogP contribution in [0.15, 0.2) is 36.4 Å². The number of benzene rings is 2. The predicted octanol–water partition coefficient (Wildman–Crippen LogP) is 5.04. The van der Waals surface area contributed by atoms with Crippen molar-refractivity contribution in [3.63, 3.8) is 0 Å². The van der Waals surface area contributed by atoms with E-state index in [0.29, 0.717) is 17.7 Å². The number of aromatic nitrogens is 2. The Morgan fingerprint density at radius 1 is 1.11 bits per heavy atom. The number of ether oxygens (including phenoxy) is 2. The lowest BCUT2D eigenvalue weighted by Crippen LogP contribution is -2.49. The van der Waals surface area contributed by atoms with E-state index in [9.17, 15) is 18.0 Å². The van der Waals surface area contributed by atoms with Crippen molar-refractivity contribution in [1.82, 2.24) is 14.9 Å². The van der Waals surface area contributed by atoms with Gasteiger partial charge < -0.3 is 19.7 Å². The van der Waals surface area contributed by atoms with Crippen molar-refractivity contribution in [2.24, 2.45) is 0 Å². The summed E-state index contributed by atoms with van der Waals surface area (Å²) in [6.07, 6.45) is -4.83. The van der Waals surface area contributed by atoms with Crippen LogP contribution in [0.5, 0.6) is 11.5 Å². The number of rotatable bonds is 7. The van der Waals surface area contributed by atoms with Gasteiger partial charge in [-0.15, -0.1) is 13.2 Å². The molecule has 0 radical (unpaired) electrons. The Hall–Kier alpha value is -3.31. The third-order valence-corrected chi connectivity index (χ3v) is 6.28. The number of fused-ring (bicyclic) bond motifs is 1. The van der Waals surface area contributed by atoms with E-state index in [-0.39, 0.29) is 10.8 Å². The molecule has 1 aliphatic heterocycles. The zero-order valence-electron chi connectivity index (χ0n) is 20.6. The molecule has 1 aromatic heterocycles. The number of aryl methyl sites for hydroxylation is 1. The van der Waals surface area contributed by atoms with Gasteiger partial charge in [0.2, 0.25) is 5.95 Å². The van der Waals surface area contributed by atoms with Crippen molar-refractivity contribution in [3.05, 3.63) is 47.1 Å². The molecule has 3 aromatic rings. The van der Waals surface area contributed by atoms with Gasteiger partial charge in [0, 0.05) is 49.4 Å². The van der Waals surface area contributed by atoms with Crippen LogP contribution in [-0.4, -0.2) is 66.0 Å². The molecule has 0 unspecified atom stereocenters. The van der Waals surface area contributed by atoms with Crippen LogP contribution in [-0.2, 0) is 4.79 Å². The summed E-state index contributed by atoms with van der Waals surface area (Å²) in [6, 6.07) is 9.08. The van der Waals surface area contributed by atoms with Gasteiger partial charge >= 0.3 is 6.36 Å². The topological polar surface area (TPSA) is 79.8 Å². The Labute approximate surface area is 217 Å². The Kier molecular flexibility index (Phi) is 7.93. The molecule has 0 spiro atoms. The van der Waals surface area contributed by atoms with E-state index in [1.807, 2.05) is 13.0 Å². The number of nitrogens with one attached hydrogen (secondary N) is 1. The fourth-order valence-corrected chi connectivity index (χ4v) is 4.28. The lowest BCUT2D eigenvalue weighted by Gasteiger charge is -2.37. The average molecular weight is 538 g/mol. The molecule has 37 heavy (non-hydrogen) atoms. The largest absolute Gasteiger partial charge is 0.573 e. The Morgan fingerprint density at radius 3 is 2.49 bits per heavy atom. The van der Waals surface area contributed by atoms with E-state index in [4.69, 9.17) is 26.3 Å². The highest BCUT2D eigenvalue weighted by atomic mass is 35.5. The summed E-state index contributed by atoms with van der Waals surface area (Å²) in [5, 5.41) is 3.43. The van der Waals surface area contributed by atoms with E-state index in [0.717, 1.165) is 54.9 Å². The summed E-state index contributed by atoms with van der Waals surface area (Å²) in [5.74, 6) is -0.203. The van der Waals surface area contributed by atoms with E-state index < -0.39 is 24.6 Å². The van der Waals surface area contributed by atoms with E-state index in [2.05, 4.69) is 33.7 Å². The number of amides is 1. The van der Waals surface area contributed by atoms with Crippen LogP contribution in [0.25, 0.3) is 10.9 Å². The maximum absolute atomic E-state index is 12.4. The highest BCUT2D eigenvalue weighted by Crippen LogP contribution is 2.32. The second-order valence-electron chi connectivity index (χ2n) is 8.93. The standard InChI is InChI=1S/C25H27ClF3N5O3/c1-15(2)33-8-10-34(11-9-33)24-30-16(3)19-12-17(4-6-21(19)32-24)31-23(35)14-36-22-7-5-18(13-20(22)26)37-25(27,28)29/h4-7,12-13,15H,8-11,14H2,1-3H3,(H,31,35). The summed E-state index contributed by atoms with van der Waals surface area (Å²) in [6.45, 7) is 9.54. The summed E-state index contributed by atoms with van der Waals surface area (Å²) < 4.78 is 46.2. The number of hydrogen-bond donors (Lipinski definition) is 1. The number of anilines is 2. The van der Waals surface area contributed by atoms with Gasteiger partial charge in [-0.25, -0.2) is 9.97 Å². The molecular formula is C25H27ClF3N5O3. The lowest BCUT2D eigenvalue weighted by molar-refractivity contribution is -0.274. The van der Waals surface area contributed by atoms with Crippen LogP contribution in [0.4, 0.5) is 24.8 Å². The fourth-order valence-electron chi connectivity index (χ4n) is 4.06. The summed E-state index contributed by atoms with van der Waals surface area (Å²) in [4.78, 5) is 26.4. The van der Waals surface area contributed by atoms with Crippen LogP contribution in [0, 0.1) is 6.92 Å². The van der Waals surface area contributed by atoms with E-state index in [1.54, 1.807) is 12.1 Å². The number of carbonyl (C=O) groups is 1. The van der Waals surface area contributed by atoms with Gasteiger partial charge in [0.15, 0.2) is 6.61 Å². The van der Waals surface area contributed by atoms with Crippen LogP contribution in [0.3, 0.4) is 0 Å². The molecule has 0 aliphatic carbocycles. The van der Waals surface area contributed by atoms with Crippen molar-refractivity contribution in [1.29, 1.82) is 0 Å². The molecule has 1 aliphatic rings. The zero-order valence-corrected chi connectivity index (χ0v) is 21.4. The molecule has 2 heterocycles. The minimum absolute atomic E-state index is 0.0517. The van der Waals surface area contributed by atoms with Crippen LogP contribution in [0.1, 0.15) is 19.5 Å². The highest BCUT2D eigenvalue weighted by Gasteiger charge is 2.31. The number of hydrogen-bond acceptors (Lipinski definition) is 7. The molecule has 0 atom stereocenters. The molecule has 1 N–H and O–H groups in total.